The number of ether oxygens (including phenoxy) is 1. The third-order valence-electron chi connectivity index (χ3n) is 5.57. The van der Waals surface area contributed by atoms with Crippen molar-refractivity contribution in [2.45, 2.75) is 31.6 Å². The largest absolute Gasteiger partial charge is 0.504 e. The minimum atomic E-state index is -0.522. The van der Waals surface area contributed by atoms with E-state index in [4.69, 9.17) is 9.15 Å². The van der Waals surface area contributed by atoms with Gasteiger partial charge in [0, 0.05) is 12.5 Å². The monoisotopic (exact) mass is 383 g/mol. The van der Waals surface area contributed by atoms with E-state index in [1.807, 2.05) is 12.2 Å². The molecule has 2 heterocycles. The lowest BCUT2D eigenvalue weighted by Crippen LogP contribution is -2.31. The molecular formula is C22H25NO5. The average molecular weight is 383 g/mol. The Hall–Kier alpha value is -2.73. The minimum absolute atomic E-state index is 0.0944. The lowest BCUT2D eigenvalue weighted by Gasteiger charge is -2.27. The maximum Gasteiger partial charge on any atom is 0.234 e. The lowest BCUT2D eigenvalue weighted by molar-refractivity contribution is 0.247. The quantitative estimate of drug-likeness (QED) is 0.838. The fraction of sp³-hybridized carbons (Fsp3) is 0.409. The Morgan fingerprint density at radius 2 is 2.00 bits per heavy atom. The Labute approximate surface area is 163 Å². The Balaban J connectivity index is 1.62. The molecule has 0 spiro atoms. The number of phenolic OH excluding ortho intramolecular Hbond substituents is 1. The predicted molar refractivity (Wildman–Crippen MR) is 107 cm³/mol. The number of benzene rings is 1. The number of methoxy groups -OCH3 is 1. The van der Waals surface area contributed by atoms with Crippen molar-refractivity contribution >= 4 is 11.0 Å². The summed E-state index contributed by atoms with van der Waals surface area (Å²) in [5.74, 6) is -0.447. The average Bonchev–Trinajstić information content (AvgIpc) is 2.72. The molecule has 1 aromatic carbocycles. The Morgan fingerprint density at radius 3 is 2.68 bits per heavy atom. The van der Waals surface area contributed by atoms with Gasteiger partial charge in [0.25, 0.3) is 0 Å². The predicted octanol–water partition coefficient (Wildman–Crippen LogP) is 3.67. The highest BCUT2D eigenvalue weighted by molar-refractivity contribution is 5.86. The number of likely N-dealkylation sites (tertiary alicyclic amines) is 1. The molecule has 4 rings (SSSR count). The van der Waals surface area contributed by atoms with Gasteiger partial charge in [0.15, 0.2) is 17.1 Å². The molecule has 2 N–H and O–H groups in total. The number of hydrogen-bond donors (Lipinski definition) is 2. The van der Waals surface area contributed by atoms with Crippen LogP contribution >= 0.6 is 0 Å². The number of aromatic hydroxyl groups is 2. The van der Waals surface area contributed by atoms with E-state index in [1.165, 1.54) is 44.1 Å². The zero-order chi connectivity index (χ0) is 19.7. The normalized spacial score (nSPS) is 20.3. The molecule has 0 amide bonds. The maximum absolute atomic E-state index is 12.6. The zero-order valence-corrected chi connectivity index (χ0v) is 16.0. The maximum atomic E-state index is 12.6. The van der Waals surface area contributed by atoms with E-state index < -0.39 is 5.43 Å². The molecule has 0 bridgehead atoms. The molecule has 1 aliphatic carbocycles. The highest BCUT2D eigenvalue weighted by Gasteiger charge is 2.24. The van der Waals surface area contributed by atoms with E-state index in [0.717, 1.165) is 19.6 Å². The molecule has 6 nitrogen and oxygen atoms in total. The standard InChI is InChI=1S/C22H25NO5/c1-27-22-17(24)10-9-16-18(25)19(26)20(28-21(16)22)15-7-5-14(6-8-15)13-23-11-3-2-4-12-23/h5-7,9-10,15,24,26H,2-4,8,11-13H2,1H3. The molecule has 148 valence electrons. The van der Waals surface area contributed by atoms with Gasteiger partial charge in [0.1, 0.15) is 0 Å². The van der Waals surface area contributed by atoms with Gasteiger partial charge in [-0.05, 0) is 50.1 Å². The molecule has 1 saturated heterocycles. The second kappa shape index (κ2) is 7.72. The van der Waals surface area contributed by atoms with Crippen LogP contribution in [0.15, 0.2) is 45.1 Å². The highest BCUT2D eigenvalue weighted by Crippen LogP contribution is 2.39. The van der Waals surface area contributed by atoms with Gasteiger partial charge in [-0.1, -0.05) is 24.6 Å². The molecule has 28 heavy (non-hydrogen) atoms. The van der Waals surface area contributed by atoms with Crippen LogP contribution in [0.3, 0.4) is 0 Å². The molecule has 2 aromatic rings. The summed E-state index contributed by atoms with van der Waals surface area (Å²) in [4.78, 5) is 15.1. The molecular weight excluding hydrogens is 358 g/mol. The second-order valence-corrected chi connectivity index (χ2v) is 7.46. The topological polar surface area (TPSA) is 83.1 Å². The first-order valence-corrected chi connectivity index (χ1v) is 9.73. The highest BCUT2D eigenvalue weighted by atomic mass is 16.5. The van der Waals surface area contributed by atoms with Crippen LogP contribution in [0.4, 0.5) is 0 Å². The van der Waals surface area contributed by atoms with Crippen LogP contribution in [-0.4, -0.2) is 41.9 Å². The molecule has 1 fully saturated rings. The summed E-state index contributed by atoms with van der Waals surface area (Å²) in [5.41, 5.74) is 0.874. The van der Waals surface area contributed by atoms with Gasteiger partial charge in [-0.2, -0.15) is 0 Å². The van der Waals surface area contributed by atoms with E-state index in [1.54, 1.807) is 0 Å². The van der Waals surface area contributed by atoms with Crippen molar-refractivity contribution in [3.05, 3.63) is 51.9 Å². The van der Waals surface area contributed by atoms with Crippen molar-refractivity contribution in [2.24, 2.45) is 0 Å². The van der Waals surface area contributed by atoms with Gasteiger partial charge in [0.05, 0.1) is 12.5 Å². The zero-order valence-electron chi connectivity index (χ0n) is 16.0. The molecule has 6 heteroatoms. The Kier molecular flexibility index (Phi) is 5.13. The second-order valence-electron chi connectivity index (χ2n) is 7.46. The van der Waals surface area contributed by atoms with Crippen molar-refractivity contribution in [3.8, 4) is 17.2 Å². The van der Waals surface area contributed by atoms with Gasteiger partial charge < -0.3 is 19.4 Å². The van der Waals surface area contributed by atoms with Crippen molar-refractivity contribution in [2.75, 3.05) is 26.7 Å². The van der Waals surface area contributed by atoms with Crippen molar-refractivity contribution in [1.82, 2.24) is 4.90 Å². The summed E-state index contributed by atoms with van der Waals surface area (Å²) in [6, 6.07) is 2.78. The molecule has 1 aromatic heterocycles. The Bertz CT molecular complexity index is 998. The van der Waals surface area contributed by atoms with Gasteiger partial charge in [-0.15, -0.1) is 0 Å². The van der Waals surface area contributed by atoms with Crippen LogP contribution in [-0.2, 0) is 0 Å². The van der Waals surface area contributed by atoms with Crippen LogP contribution in [0, 0.1) is 0 Å². The van der Waals surface area contributed by atoms with Gasteiger partial charge in [-0.3, -0.25) is 9.69 Å². The van der Waals surface area contributed by atoms with Crippen molar-refractivity contribution < 1.29 is 19.4 Å². The number of rotatable bonds is 4. The number of nitrogens with zero attached hydrogens (tertiary/aromatic N) is 1. The van der Waals surface area contributed by atoms with E-state index >= 15 is 0 Å². The molecule has 2 aliphatic rings. The smallest absolute Gasteiger partial charge is 0.234 e. The molecule has 1 unspecified atom stereocenters. The van der Waals surface area contributed by atoms with E-state index in [0.29, 0.717) is 6.42 Å². The van der Waals surface area contributed by atoms with Crippen molar-refractivity contribution in [1.29, 1.82) is 0 Å². The van der Waals surface area contributed by atoms with Crippen LogP contribution < -0.4 is 10.2 Å². The lowest BCUT2D eigenvalue weighted by atomic mass is 9.93. The summed E-state index contributed by atoms with van der Waals surface area (Å²) < 4.78 is 11.1. The van der Waals surface area contributed by atoms with E-state index in [2.05, 4.69) is 11.0 Å². The summed E-state index contributed by atoms with van der Waals surface area (Å²) in [5, 5.41) is 20.6. The number of fused-ring (bicyclic) bond motifs is 1. The van der Waals surface area contributed by atoms with Crippen LogP contribution in [0.2, 0.25) is 0 Å². The van der Waals surface area contributed by atoms with Crippen LogP contribution in [0.1, 0.15) is 37.4 Å². The molecule has 1 atom stereocenters. The first kappa shape index (κ1) is 18.6. The van der Waals surface area contributed by atoms with Crippen LogP contribution in [0.5, 0.6) is 17.2 Å². The van der Waals surface area contributed by atoms with E-state index in [-0.39, 0.29) is 39.9 Å². The molecule has 0 saturated carbocycles. The SMILES string of the molecule is COc1c(O)ccc2c(=O)c(O)c(C3C=CC(CN4CCCCC4)=CC3)oc12. The summed E-state index contributed by atoms with van der Waals surface area (Å²) >= 11 is 0. The summed E-state index contributed by atoms with van der Waals surface area (Å²) in [7, 11) is 1.40. The summed E-state index contributed by atoms with van der Waals surface area (Å²) in [6.45, 7) is 3.20. The Morgan fingerprint density at radius 1 is 1.21 bits per heavy atom. The first-order chi connectivity index (χ1) is 13.6. The van der Waals surface area contributed by atoms with Gasteiger partial charge in [0.2, 0.25) is 16.9 Å². The third-order valence-corrected chi connectivity index (χ3v) is 5.57. The number of piperidine rings is 1. The van der Waals surface area contributed by atoms with Gasteiger partial charge in [-0.25, -0.2) is 0 Å². The van der Waals surface area contributed by atoms with E-state index in [9.17, 15) is 15.0 Å². The molecule has 0 radical (unpaired) electrons. The number of phenols is 1. The number of allylic oxidation sites excluding steroid dienone is 2. The molecule has 1 aliphatic heterocycles. The van der Waals surface area contributed by atoms with Gasteiger partial charge >= 0.3 is 0 Å². The number of hydrogen-bond acceptors (Lipinski definition) is 6. The fourth-order valence-corrected chi connectivity index (χ4v) is 4.03. The summed E-state index contributed by atoms with van der Waals surface area (Å²) in [6.07, 6.45) is 10.6. The van der Waals surface area contributed by atoms with Crippen molar-refractivity contribution in [3.63, 3.8) is 0 Å². The minimum Gasteiger partial charge on any atom is -0.504 e. The fourth-order valence-electron chi connectivity index (χ4n) is 4.03. The first-order valence-electron chi connectivity index (χ1n) is 9.73. The third kappa shape index (κ3) is 3.40. The van der Waals surface area contributed by atoms with Crippen LogP contribution in [0.25, 0.3) is 11.0 Å².